The minimum Gasteiger partial charge on any atom is -0.486 e. The molecule has 1 aromatic heterocycles. The van der Waals surface area contributed by atoms with E-state index in [1.165, 1.54) is 25.6 Å². The highest BCUT2D eigenvalue weighted by Gasteiger charge is 2.12. The number of nitrogens with zero attached hydrogens (tertiary/aromatic N) is 4. The van der Waals surface area contributed by atoms with Gasteiger partial charge >= 0.3 is 0 Å². The number of hydrogen-bond donors (Lipinski definition) is 0. The molecule has 3 rings (SSSR count). The molecule has 0 spiro atoms. The lowest BCUT2D eigenvalue weighted by atomic mass is 10.1. The number of aromatic nitrogens is 2. The zero-order valence-corrected chi connectivity index (χ0v) is 14.3. The van der Waals surface area contributed by atoms with Crippen LogP contribution in [0.1, 0.15) is 16.8 Å². The molecule has 0 aliphatic carbocycles. The molecule has 3 aromatic rings. The highest BCUT2D eigenvalue weighted by Crippen LogP contribution is 2.23. The summed E-state index contributed by atoms with van der Waals surface area (Å²) in [5.41, 5.74) is 2.92. The first kappa shape index (κ1) is 17.3. The Morgan fingerprint density at radius 2 is 1.88 bits per heavy atom. The maximum atomic E-state index is 10.8. The summed E-state index contributed by atoms with van der Waals surface area (Å²) in [5.74, 6) is 0.703. The van der Waals surface area contributed by atoms with E-state index in [-0.39, 0.29) is 5.69 Å². The maximum absolute atomic E-state index is 10.8. The van der Waals surface area contributed by atoms with Crippen molar-refractivity contribution >= 4 is 17.9 Å². The van der Waals surface area contributed by atoms with Gasteiger partial charge in [0.2, 0.25) is 0 Å². The summed E-state index contributed by atoms with van der Waals surface area (Å²) >= 11 is 0. The Morgan fingerprint density at radius 1 is 1.15 bits per heavy atom. The smallest absolute Gasteiger partial charge is 0.269 e. The summed E-state index contributed by atoms with van der Waals surface area (Å²) in [6.07, 6.45) is 3.64. The number of hydrogen-bond acceptors (Lipinski definition) is 5. The molecule has 132 valence electrons. The van der Waals surface area contributed by atoms with Crippen LogP contribution in [0.4, 0.5) is 11.5 Å². The quantitative estimate of drug-likeness (QED) is 0.281. The molecule has 0 atom stereocenters. The van der Waals surface area contributed by atoms with E-state index in [0.717, 1.165) is 16.8 Å². The summed E-state index contributed by atoms with van der Waals surface area (Å²) in [7, 11) is 1.54. The average Bonchev–Trinajstić information content (AvgIpc) is 3.02. The SMILES string of the molecule is CO/C=N/c1c(Cc2ccc([N+](=O)[O-])cc2)ncn1Cc1ccccc1. The van der Waals surface area contributed by atoms with Gasteiger partial charge in [-0.25, -0.2) is 9.98 Å². The van der Waals surface area contributed by atoms with Crippen LogP contribution in [0.3, 0.4) is 0 Å². The maximum Gasteiger partial charge on any atom is 0.269 e. The van der Waals surface area contributed by atoms with E-state index in [0.29, 0.717) is 18.8 Å². The number of nitro groups is 1. The third kappa shape index (κ3) is 4.13. The third-order valence-electron chi connectivity index (χ3n) is 3.88. The first-order chi connectivity index (χ1) is 12.7. The molecule has 0 saturated heterocycles. The van der Waals surface area contributed by atoms with Crippen LogP contribution in [0.15, 0.2) is 65.9 Å². The van der Waals surface area contributed by atoms with Gasteiger partial charge in [-0.05, 0) is 11.1 Å². The van der Waals surface area contributed by atoms with E-state index >= 15 is 0 Å². The number of nitro benzene ring substituents is 1. The lowest BCUT2D eigenvalue weighted by Crippen LogP contribution is -1.98. The van der Waals surface area contributed by atoms with E-state index in [1.807, 2.05) is 34.9 Å². The Kier molecular flexibility index (Phi) is 5.38. The second-order valence-corrected chi connectivity index (χ2v) is 5.70. The molecule has 0 amide bonds. The molecule has 0 unspecified atom stereocenters. The summed E-state index contributed by atoms with van der Waals surface area (Å²) < 4.78 is 6.91. The number of imidazole rings is 1. The molecule has 0 radical (unpaired) electrons. The van der Waals surface area contributed by atoms with Crippen LogP contribution in [0.2, 0.25) is 0 Å². The van der Waals surface area contributed by atoms with Gasteiger partial charge in [-0.3, -0.25) is 10.1 Å². The Bertz CT molecular complexity index is 902. The normalized spacial score (nSPS) is 11.0. The summed E-state index contributed by atoms with van der Waals surface area (Å²) in [6.45, 7) is 0.643. The molecule has 0 bridgehead atoms. The molecular weight excluding hydrogens is 332 g/mol. The van der Waals surface area contributed by atoms with Crippen molar-refractivity contribution in [3.05, 3.63) is 87.9 Å². The Balaban J connectivity index is 1.86. The van der Waals surface area contributed by atoms with Crippen LogP contribution in [-0.4, -0.2) is 28.0 Å². The summed E-state index contributed by atoms with van der Waals surface area (Å²) in [6, 6.07) is 16.5. The molecule has 0 aliphatic heterocycles. The molecule has 0 fully saturated rings. The molecule has 0 aliphatic rings. The zero-order chi connectivity index (χ0) is 18.4. The predicted octanol–water partition coefficient (Wildman–Crippen LogP) is 3.74. The molecular formula is C19H18N4O3. The van der Waals surface area contributed by atoms with Gasteiger partial charge in [0.25, 0.3) is 5.69 Å². The molecule has 1 heterocycles. The van der Waals surface area contributed by atoms with Gasteiger partial charge in [0.05, 0.1) is 30.6 Å². The Labute approximate surface area is 150 Å². The van der Waals surface area contributed by atoms with Crippen molar-refractivity contribution < 1.29 is 9.66 Å². The van der Waals surface area contributed by atoms with Crippen LogP contribution in [0.5, 0.6) is 0 Å². The predicted molar refractivity (Wildman–Crippen MR) is 98.8 cm³/mol. The van der Waals surface area contributed by atoms with Crippen LogP contribution >= 0.6 is 0 Å². The Hall–Kier alpha value is -3.48. The highest BCUT2D eigenvalue weighted by molar-refractivity contribution is 5.55. The van der Waals surface area contributed by atoms with Crippen LogP contribution < -0.4 is 0 Å². The third-order valence-corrected chi connectivity index (χ3v) is 3.88. The number of rotatable bonds is 7. The van der Waals surface area contributed by atoms with Gasteiger partial charge in [0.1, 0.15) is 0 Å². The lowest BCUT2D eigenvalue weighted by molar-refractivity contribution is -0.384. The van der Waals surface area contributed by atoms with Crippen molar-refractivity contribution in [1.82, 2.24) is 9.55 Å². The van der Waals surface area contributed by atoms with Crippen LogP contribution in [-0.2, 0) is 17.7 Å². The van der Waals surface area contributed by atoms with Crippen molar-refractivity contribution in [2.24, 2.45) is 4.99 Å². The van der Waals surface area contributed by atoms with Gasteiger partial charge in [-0.15, -0.1) is 0 Å². The van der Waals surface area contributed by atoms with Crippen LogP contribution in [0, 0.1) is 10.1 Å². The second kappa shape index (κ2) is 8.06. The number of aliphatic imine (C=N–C) groups is 1. The van der Waals surface area contributed by atoms with Crippen molar-refractivity contribution in [1.29, 1.82) is 0 Å². The van der Waals surface area contributed by atoms with E-state index in [2.05, 4.69) is 9.98 Å². The zero-order valence-electron chi connectivity index (χ0n) is 14.3. The van der Waals surface area contributed by atoms with Crippen molar-refractivity contribution in [2.45, 2.75) is 13.0 Å². The first-order valence-electron chi connectivity index (χ1n) is 8.04. The second-order valence-electron chi connectivity index (χ2n) is 5.70. The van der Waals surface area contributed by atoms with E-state index in [1.54, 1.807) is 18.5 Å². The van der Waals surface area contributed by atoms with Crippen LogP contribution in [0.25, 0.3) is 0 Å². The standard InChI is InChI=1S/C19H18N4O3/c1-26-14-21-19-18(11-15-7-9-17(10-8-15)23(24)25)20-13-22(19)12-16-5-3-2-4-6-16/h2-10,13-14H,11-12H2,1H3/b21-14+. The van der Waals surface area contributed by atoms with Gasteiger partial charge < -0.3 is 9.30 Å². The first-order valence-corrected chi connectivity index (χ1v) is 8.04. The lowest BCUT2D eigenvalue weighted by Gasteiger charge is -2.06. The number of benzene rings is 2. The number of ether oxygens (including phenoxy) is 1. The molecule has 0 saturated carbocycles. The van der Waals surface area contributed by atoms with E-state index in [9.17, 15) is 10.1 Å². The Morgan fingerprint density at radius 3 is 2.54 bits per heavy atom. The number of non-ortho nitro benzene ring substituents is 1. The molecule has 26 heavy (non-hydrogen) atoms. The summed E-state index contributed by atoms with van der Waals surface area (Å²) in [4.78, 5) is 19.2. The monoisotopic (exact) mass is 350 g/mol. The minimum atomic E-state index is -0.410. The molecule has 0 N–H and O–H groups in total. The molecule has 7 heteroatoms. The number of methoxy groups -OCH3 is 1. The van der Waals surface area contributed by atoms with Gasteiger partial charge in [-0.1, -0.05) is 42.5 Å². The fourth-order valence-electron chi connectivity index (χ4n) is 2.62. The highest BCUT2D eigenvalue weighted by atomic mass is 16.6. The molecule has 7 nitrogen and oxygen atoms in total. The fraction of sp³-hybridized carbons (Fsp3) is 0.158. The van der Waals surface area contributed by atoms with Gasteiger partial charge in [0, 0.05) is 18.6 Å². The average molecular weight is 350 g/mol. The van der Waals surface area contributed by atoms with Crippen molar-refractivity contribution in [3.63, 3.8) is 0 Å². The molecule has 2 aromatic carbocycles. The minimum absolute atomic E-state index is 0.0704. The topological polar surface area (TPSA) is 82.6 Å². The fourth-order valence-corrected chi connectivity index (χ4v) is 2.62. The summed E-state index contributed by atoms with van der Waals surface area (Å²) in [5, 5.41) is 10.8. The van der Waals surface area contributed by atoms with Gasteiger partial charge in [0.15, 0.2) is 12.2 Å². The van der Waals surface area contributed by atoms with Crippen molar-refractivity contribution in [3.8, 4) is 0 Å². The van der Waals surface area contributed by atoms with Gasteiger partial charge in [-0.2, -0.15) is 0 Å². The van der Waals surface area contributed by atoms with Crippen molar-refractivity contribution in [2.75, 3.05) is 7.11 Å². The van der Waals surface area contributed by atoms with E-state index < -0.39 is 4.92 Å². The van der Waals surface area contributed by atoms with E-state index in [4.69, 9.17) is 4.74 Å². The largest absolute Gasteiger partial charge is 0.486 e.